The Morgan fingerprint density at radius 1 is 1.42 bits per heavy atom. The molecule has 0 aliphatic heterocycles. The predicted molar refractivity (Wildman–Crippen MR) is 107 cm³/mol. The van der Waals surface area contributed by atoms with E-state index in [1.165, 1.54) is 11.0 Å². The lowest BCUT2D eigenvalue weighted by Crippen LogP contribution is -2.43. The van der Waals surface area contributed by atoms with Gasteiger partial charge in [-0.25, -0.2) is 0 Å². The molecule has 138 valence electrons. The summed E-state index contributed by atoms with van der Waals surface area (Å²) in [5.41, 5.74) is 0.942. The Kier molecular flexibility index (Phi) is 5.41. The Bertz CT molecular complexity index is 960. The van der Waals surface area contributed by atoms with E-state index in [0.717, 1.165) is 12.8 Å². The number of nitrogens with one attached hydrogen (secondary N) is 2. The average Bonchev–Trinajstić information content (AvgIpc) is 2.62. The van der Waals surface area contributed by atoms with Crippen LogP contribution in [0.2, 0.25) is 0 Å². The zero-order valence-corrected chi connectivity index (χ0v) is 16.1. The van der Waals surface area contributed by atoms with Crippen LogP contribution in [-0.2, 0) is 6.54 Å². The highest BCUT2D eigenvalue weighted by molar-refractivity contribution is 7.71. The molecule has 26 heavy (non-hydrogen) atoms. The van der Waals surface area contributed by atoms with E-state index in [9.17, 15) is 9.59 Å². The van der Waals surface area contributed by atoms with Crippen molar-refractivity contribution in [1.82, 2.24) is 14.9 Å². The molecule has 5 nitrogen and oxygen atoms in total. The Morgan fingerprint density at radius 2 is 2.19 bits per heavy atom. The Balaban J connectivity index is 1.90. The quantitative estimate of drug-likeness (QED) is 0.634. The van der Waals surface area contributed by atoms with Gasteiger partial charge in [-0.1, -0.05) is 32.8 Å². The summed E-state index contributed by atoms with van der Waals surface area (Å²) in [4.78, 5) is 28.3. The predicted octanol–water partition coefficient (Wildman–Crippen LogP) is 3.80. The van der Waals surface area contributed by atoms with E-state index < -0.39 is 0 Å². The van der Waals surface area contributed by atoms with Gasteiger partial charge in [-0.3, -0.25) is 14.2 Å². The molecular weight excluding hydrogens is 346 g/mol. The van der Waals surface area contributed by atoms with E-state index in [2.05, 4.69) is 30.7 Å². The van der Waals surface area contributed by atoms with Gasteiger partial charge in [0.15, 0.2) is 4.77 Å². The van der Waals surface area contributed by atoms with Crippen molar-refractivity contribution in [2.45, 2.75) is 45.7 Å². The van der Waals surface area contributed by atoms with E-state index >= 15 is 0 Å². The first-order valence-electron chi connectivity index (χ1n) is 9.11. The van der Waals surface area contributed by atoms with E-state index in [-0.39, 0.29) is 17.5 Å². The fourth-order valence-electron chi connectivity index (χ4n) is 3.73. The maximum absolute atomic E-state index is 12.7. The van der Waals surface area contributed by atoms with Crippen molar-refractivity contribution in [2.75, 3.05) is 0 Å². The molecule has 1 saturated carbocycles. The highest BCUT2D eigenvalue weighted by atomic mass is 32.1. The number of allylic oxidation sites excluding steroid dienone is 1. The van der Waals surface area contributed by atoms with Gasteiger partial charge in [0, 0.05) is 18.2 Å². The van der Waals surface area contributed by atoms with Crippen molar-refractivity contribution in [2.24, 2.45) is 11.8 Å². The van der Waals surface area contributed by atoms with Crippen molar-refractivity contribution in [3.63, 3.8) is 0 Å². The number of aromatic amines is 1. The van der Waals surface area contributed by atoms with Crippen molar-refractivity contribution in [3.05, 3.63) is 51.5 Å². The molecule has 3 atom stereocenters. The Morgan fingerprint density at radius 3 is 2.92 bits per heavy atom. The van der Waals surface area contributed by atoms with Crippen molar-refractivity contribution >= 4 is 29.0 Å². The summed E-state index contributed by atoms with van der Waals surface area (Å²) >= 11 is 5.26. The summed E-state index contributed by atoms with van der Waals surface area (Å²) in [7, 11) is 0. The molecule has 6 heteroatoms. The molecule has 1 aliphatic rings. The third-order valence-electron chi connectivity index (χ3n) is 5.58. The van der Waals surface area contributed by atoms with Crippen LogP contribution < -0.4 is 10.9 Å². The third kappa shape index (κ3) is 3.51. The third-order valence-corrected chi connectivity index (χ3v) is 5.90. The van der Waals surface area contributed by atoms with Crippen molar-refractivity contribution in [1.29, 1.82) is 0 Å². The second-order valence-electron chi connectivity index (χ2n) is 7.24. The molecule has 2 aromatic rings. The van der Waals surface area contributed by atoms with Crippen molar-refractivity contribution in [3.8, 4) is 0 Å². The maximum atomic E-state index is 12.7. The number of amides is 1. The minimum Gasteiger partial charge on any atom is -0.349 e. The van der Waals surface area contributed by atoms with Gasteiger partial charge < -0.3 is 10.3 Å². The monoisotopic (exact) mass is 371 g/mol. The number of nitrogens with zero attached hydrogens (tertiary/aromatic N) is 1. The molecule has 1 aromatic carbocycles. The number of rotatable bonds is 4. The van der Waals surface area contributed by atoms with Crippen LogP contribution in [0.5, 0.6) is 0 Å². The van der Waals surface area contributed by atoms with Gasteiger partial charge in [0.05, 0.1) is 10.9 Å². The molecule has 1 aliphatic carbocycles. The number of carbonyl (C=O) groups excluding carboxylic acids is 1. The highest BCUT2D eigenvalue weighted by Crippen LogP contribution is 2.29. The minimum atomic E-state index is -0.176. The number of carbonyl (C=O) groups is 1. The Hall–Kier alpha value is -2.21. The van der Waals surface area contributed by atoms with Gasteiger partial charge in [0.1, 0.15) is 0 Å². The summed E-state index contributed by atoms with van der Waals surface area (Å²) in [5.74, 6) is 0.975. The molecule has 3 rings (SSSR count). The Labute approximate surface area is 158 Å². The average molecular weight is 372 g/mol. The normalized spacial score (nSPS) is 22.9. The van der Waals surface area contributed by atoms with Crippen LogP contribution in [0.3, 0.4) is 0 Å². The van der Waals surface area contributed by atoms with Crippen LogP contribution in [0.15, 0.2) is 35.6 Å². The van der Waals surface area contributed by atoms with E-state index in [0.29, 0.717) is 39.6 Å². The second kappa shape index (κ2) is 7.58. The van der Waals surface area contributed by atoms with Crippen LogP contribution in [0.4, 0.5) is 0 Å². The van der Waals surface area contributed by atoms with Crippen LogP contribution in [-0.4, -0.2) is 21.5 Å². The first-order chi connectivity index (χ1) is 12.4. The topological polar surface area (TPSA) is 66.9 Å². The number of H-pyrrole nitrogens is 1. The first-order valence-corrected chi connectivity index (χ1v) is 9.52. The van der Waals surface area contributed by atoms with Gasteiger partial charge in [-0.15, -0.1) is 6.58 Å². The highest BCUT2D eigenvalue weighted by Gasteiger charge is 2.28. The summed E-state index contributed by atoms with van der Waals surface area (Å²) in [6.07, 6.45) is 5.01. The van der Waals surface area contributed by atoms with E-state index in [1.807, 2.05) is 0 Å². The summed E-state index contributed by atoms with van der Waals surface area (Å²) in [5, 5.41) is 3.68. The molecule has 1 amide bonds. The molecular formula is C20H25N3O2S. The first kappa shape index (κ1) is 18.6. The molecule has 0 bridgehead atoms. The van der Waals surface area contributed by atoms with Crippen LogP contribution in [0.25, 0.3) is 10.9 Å². The molecule has 1 heterocycles. The minimum absolute atomic E-state index is 0.104. The van der Waals surface area contributed by atoms with Gasteiger partial charge in [-0.2, -0.15) is 0 Å². The number of benzene rings is 1. The smallest absolute Gasteiger partial charge is 0.262 e. The standard InChI is InChI=1S/C20H25N3O2S/c1-4-10-23-19(25)15-9-8-14(11-17(15)22-20(23)26)18(24)21-16-7-5-6-12(2)13(16)3/h4,8-9,11-13,16H,1,5-7,10H2,2-3H3,(H,21,24)(H,22,26)/t12-,13-,16-/m1/s1. The lowest BCUT2D eigenvalue weighted by Gasteiger charge is -2.34. The van der Waals surface area contributed by atoms with E-state index in [4.69, 9.17) is 12.2 Å². The SMILES string of the molecule is C=CCn1c(=S)[nH]c2cc(C(=O)N[C@@H]3CCC[C@@H](C)[C@H]3C)ccc2c1=O. The van der Waals surface area contributed by atoms with Gasteiger partial charge in [0.25, 0.3) is 11.5 Å². The second-order valence-corrected chi connectivity index (χ2v) is 7.63. The van der Waals surface area contributed by atoms with E-state index in [1.54, 1.807) is 24.3 Å². The molecule has 0 radical (unpaired) electrons. The summed E-state index contributed by atoms with van der Waals surface area (Å²) in [6.45, 7) is 8.45. The van der Waals surface area contributed by atoms with Gasteiger partial charge in [-0.05, 0) is 48.7 Å². The lowest BCUT2D eigenvalue weighted by molar-refractivity contribution is 0.0891. The van der Waals surface area contributed by atoms with Crippen LogP contribution >= 0.6 is 12.2 Å². The number of hydrogen-bond donors (Lipinski definition) is 2. The zero-order chi connectivity index (χ0) is 18.8. The van der Waals surface area contributed by atoms with Crippen molar-refractivity contribution < 1.29 is 4.79 Å². The molecule has 0 unspecified atom stereocenters. The zero-order valence-electron chi connectivity index (χ0n) is 15.2. The molecule has 1 aromatic heterocycles. The number of aromatic nitrogens is 2. The van der Waals surface area contributed by atoms with Crippen LogP contribution in [0, 0.1) is 16.6 Å². The summed E-state index contributed by atoms with van der Waals surface area (Å²) < 4.78 is 1.78. The number of fused-ring (bicyclic) bond motifs is 1. The summed E-state index contributed by atoms with van der Waals surface area (Å²) in [6, 6.07) is 5.29. The fraction of sp³-hybridized carbons (Fsp3) is 0.450. The van der Waals surface area contributed by atoms with Gasteiger partial charge >= 0.3 is 0 Å². The molecule has 0 spiro atoms. The molecule has 0 saturated heterocycles. The lowest BCUT2D eigenvalue weighted by atomic mass is 9.78. The molecule has 1 fully saturated rings. The number of hydrogen-bond acceptors (Lipinski definition) is 3. The maximum Gasteiger partial charge on any atom is 0.262 e. The fourth-order valence-corrected chi connectivity index (χ4v) is 4.00. The van der Waals surface area contributed by atoms with Gasteiger partial charge in [0.2, 0.25) is 0 Å². The largest absolute Gasteiger partial charge is 0.349 e. The molecule has 2 N–H and O–H groups in total. The van der Waals surface area contributed by atoms with Crippen LogP contribution in [0.1, 0.15) is 43.5 Å².